The maximum atomic E-state index is 13.6. The van der Waals surface area contributed by atoms with E-state index in [1.807, 2.05) is 30.3 Å². The number of ether oxygens (including phenoxy) is 1. The molecule has 0 aromatic heterocycles. The molecule has 3 aromatic rings. The number of carbonyl (C=O) groups excluding carboxylic acids is 2. The predicted molar refractivity (Wildman–Crippen MR) is 147 cm³/mol. The van der Waals surface area contributed by atoms with Crippen molar-refractivity contribution in [2.45, 2.75) is 12.8 Å². The van der Waals surface area contributed by atoms with Gasteiger partial charge in [0.1, 0.15) is 11.6 Å². The summed E-state index contributed by atoms with van der Waals surface area (Å²) >= 11 is 1.16. The van der Waals surface area contributed by atoms with Gasteiger partial charge in [-0.2, -0.15) is 5.26 Å². The van der Waals surface area contributed by atoms with Crippen LogP contribution in [0.4, 0.5) is 15.8 Å². The van der Waals surface area contributed by atoms with E-state index >= 15 is 0 Å². The van der Waals surface area contributed by atoms with Gasteiger partial charge in [-0.15, -0.1) is 0 Å². The third-order valence-electron chi connectivity index (χ3n) is 5.86. The Morgan fingerprint density at radius 1 is 1.03 bits per heavy atom. The molecule has 4 rings (SSSR count). The van der Waals surface area contributed by atoms with Gasteiger partial charge in [0.25, 0.3) is 5.91 Å². The Labute approximate surface area is 224 Å². The van der Waals surface area contributed by atoms with Crippen LogP contribution in [0.3, 0.4) is 0 Å². The Bertz CT molecular complexity index is 1450. The highest BCUT2D eigenvalue weighted by atomic mass is 32.2. The number of hydrogen-bond donors (Lipinski definition) is 3. The molecule has 0 saturated carbocycles. The Hall–Kier alpha value is -4.55. The zero-order chi connectivity index (χ0) is 27.1. The molecule has 0 fully saturated rings. The first-order valence-corrected chi connectivity index (χ1v) is 12.7. The molecule has 3 N–H and O–H groups in total. The average molecular weight is 529 g/mol. The van der Waals surface area contributed by atoms with Crippen molar-refractivity contribution in [2.75, 3.05) is 23.5 Å². The lowest BCUT2D eigenvalue weighted by molar-refractivity contribution is -0.114. The second-order valence-corrected chi connectivity index (χ2v) is 9.35. The molecule has 1 aliphatic rings. The van der Waals surface area contributed by atoms with E-state index < -0.39 is 11.7 Å². The molecule has 38 heavy (non-hydrogen) atoms. The van der Waals surface area contributed by atoms with Crippen molar-refractivity contribution in [3.63, 3.8) is 0 Å². The van der Waals surface area contributed by atoms with E-state index in [0.717, 1.165) is 17.3 Å². The Kier molecular flexibility index (Phi) is 8.46. The van der Waals surface area contributed by atoms with E-state index in [1.54, 1.807) is 31.2 Å². The van der Waals surface area contributed by atoms with Gasteiger partial charge in [0.05, 0.1) is 41.1 Å². The van der Waals surface area contributed by atoms with Crippen LogP contribution in [-0.2, 0) is 9.59 Å². The molecule has 1 aliphatic heterocycles. The molecular formula is C29H25FN4O3S. The van der Waals surface area contributed by atoms with Gasteiger partial charge >= 0.3 is 0 Å². The molecule has 0 saturated heterocycles. The molecule has 0 bridgehead atoms. The predicted octanol–water partition coefficient (Wildman–Crippen LogP) is 5.54. The number of para-hydroxylation sites is 2. The molecule has 2 amide bonds. The van der Waals surface area contributed by atoms with E-state index in [4.69, 9.17) is 4.74 Å². The monoisotopic (exact) mass is 528 g/mol. The summed E-state index contributed by atoms with van der Waals surface area (Å²) in [6.45, 7) is 1.76. The lowest BCUT2D eigenvalue weighted by atomic mass is 9.82. The Morgan fingerprint density at radius 3 is 2.39 bits per heavy atom. The number of benzene rings is 3. The summed E-state index contributed by atoms with van der Waals surface area (Å²) in [7, 11) is 1.52. The van der Waals surface area contributed by atoms with Crippen LogP contribution in [-0.4, -0.2) is 24.7 Å². The molecule has 192 valence electrons. The number of carbonyl (C=O) groups is 2. The smallest absolute Gasteiger partial charge is 0.254 e. The highest BCUT2D eigenvalue weighted by molar-refractivity contribution is 8.03. The summed E-state index contributed by atoms with van der Waals surface area (Å²) in [5.74, 6) is -1.22. The third kappa shape index (κ3) is 6.05. The summed E-state index contributed by atoms with van der Waals surface area (Å²) in [5, 5.41) is 19.5. The van der Waals surface area contributed by atoms with Crippen molar-refractivity contribution in [1.82, 2.24) is 5.32 Å². The topological polar surface area (TPSA) is 103 Å². The molecule has 0 radical (unpaired) electrons. The SMILES string of the molecule is COc1ccccc1NC(=O)C1=C(C)NC(SCC(=O)Nc2ccc(F)cc2)=C(C#N)[C@@H]1c1ccccc1. The van der Waals surface area contributed by atoms with Gasteiger partial charge in [-0.3, -0.25) is 9.59 Å². The van der Waals surface area contributed by atoms with Gasteiger partial charge in [-0.25, -0.2) is 4.39 Å². The van der Waals surface area contributed by atoms with Crippen LogP contribution in [0.15, 0.2) is 101 Å². The molecular weight excluding hydrogens is 503 g/mol. The summed E-state index contributed by atoms with van der Waals surface area (Å²) in [5.41, 5.74) is 3.02. The number of rotatable bonds is 8. The number of anilines is 2. The zero-order valence-corrected chi connectivity index (χ0v) is 21.6. The highest BCUT2D eigenvalue weighted by Crippen LogP contribution is 2.41. The quantitative estimate of drug-likeness (QED) is 0.355. The lowest BCUT2D eigenvalue weighted by Crippen LogP contribution is -2.31. The van der Waals surface area contributed by atoms with Crippen molar-refractivity contribution < 1.29 is 18.7 Å². The maximum absolute atomic E-state index is 13.6. The fraction of sp³-hybridized carbons (Fsp3) is 0.138. The fourth-order valence-corrected chi connectivity index (χ4v) is 5.00. The van der Waals surface area contributed by atoms with Gasteiger partial charge in [0.2, 0.25) is 5.91 Å². The van der Waals surface area contributed by atoms with Gasteiger partial charge in [0, 0.05) is 17.0 Å². The Morgan fingerprint density at radius 2 is 1.71 bits per heavy atom. The van der Waals surface area contributed by atoms with E-state index in [0.29, 0.717) is 39.0 Å². The molecule has 3 aromatic carbocycles. The van der Waals surface area contributed by atoms with Crippen LogP contribution in [0, 0.1) is 17.1 Å². The number of dihydropyridines is 1. The van der Waals surface area contributed by atoms with E-state index in [2.05, 4.69) is 22.0 Å². The summed E-state index contributed by atoms with van der Waals surface area (Å²) in [6.07, 6.45) is 0. The largest absolute Gasteiger partial charge is 0.495 e. The molecule has 0 unspecified atom stereocenters. The highest BCUT2D eigenvalue weighted by Gasteiger charge is 2.35. The average Bonchev–Trinajstić information content (AvgIpc) is 2.93. The first-order chi connectivity index (χ1) is 18.4. The van der Waals surface area contributed by atoms with Gasteiger partial charge < -0.3 is 20.7 Å². The number of hydrogen-bond acceptors (Lipinski definition) is 6. The van der Waals surface area contributed by atoms with Crippen LogP contribution in [0.5, 0.6) is 5.75 Å². The lowest BCUT2D eigenvalue weighted by Gasteiger charge is -2.30. The molecule has 0 aliphatic carbocycles. The second-order valence-electron chi connectivity index (χ2n) is 8.36. The second kappa shape index (κ2) is 12.1. The standard InChI is InChI=1S/C29H25FN4O3S/c1-18-26(28(36)34-23-10-6-7-11-24(23)37-2)27(19-8-4-3-5-9-19)22(16-31)29(32-18)38-17-25(35)33-21-14-12-20(30)13-15-21/h3-15,27,32H,17H2,1-2H3,(H,33,35)(H,34,36)/t27-/m0/s1. The van der Waals surface area contributed by atoms with E-state index in [1.165, 1.54) is 31.4 Å². The number of amides is 2. The van der Waals surface area contributed by atoms with Crippen molar-refractivity contribution in [3.05, 3.63) is 112 Å². The van der Waals surface area contributed by atoms with Crippen LogP contribution >= 0.6 is 11.8 Å². The zero-order valence-electron chi connectivity index (χ0n) is 20.7. The van der Waals surface area contributed by atoms with Crippen molar-refractivity contribution in [1.29, 1.82) is 5.26 Å². The van der Waals surface area contributed by atoms with Crippen molar-refractivity contribution >= 4 is 35.0 Å². The first kappa shape index (κ1) is 26.5. The van der Waals surface area contributed by atoms with Crippen LogP contribution < -0.4 is 20.7 Å². The minimum atomic E-state index is -0.653. The third-order valence-corrected chi connectivity index (χ3v) is 6.87. The molecule has 7 nitrogen and oxygen atoms in total. The van der Waals surface area contributed by atoms with Crippen LogP contribution in [0.2, 0.25) is 0 Å². The normalized spacial score (nSPS) is 14.8. The molecule has 1 heterocycles. The molecule has 0 spiro atoms. The summed E-state index contributed by atoms with van der Waals surface area (Å²) in [6, 6.07) is 24.1. The van der Waals surface area contributed by atoms with Gasteiger partial charge in [-0.1, -0.05) is 54.2 Å². The minimum absolute atomic E-state index is 0.00240. The minimum Gasteiger partial charge on any atom is -0.495 e. The number of nitriles is 1. The van der Waals surface area contributed by atoms with E-state index in [-0.39, 0.29) is 17.6 Å². The number of thioether (sulfide) groups is 1. The van der Waals surface area contributed by atoms with E-state index in [9.17, 15) is 19.2 Å². The van der Waals surface area contributed by atoms with Crippen molar-refractivity contribution in [3.8, 4) is 11.8 Å². The summed E-state index contributed by atoms with van der Waals surface area (Å²) in [4.78, 5) is 26.2. The van der Waals surface area contributed by atoms with Crippen LogP contribution in [0.1, 0.15) is 18.4 Å². The summed E-state index contributed by atoms with van der Waals surface area (Å²) < 4.78 is 18.5. The van der Waals surface area contributed by atoms with Gasteiger partial charge in [-0.05, 0) is 48.9 Å². The molecule has 9 heteroatoms. The first-order valence-electron chi connectivity index (χ1n) is 11.7. The number of halogens is 1. The number of allylic oxidation sites excluding steroid dienone is 2. The number of nitrogens with one attached hydrogen (secondary N) is 3. The number of methoxy groups -OCH3 is 1. The fourth-order valence-electron chi connectivity index (χ4n) is 4.11. The number of nitrogens with zero attached hydrogens (tertiary/aromatic N) is 1. The Balaban J connectivity index is 1.61. The van der Waals surface area contributed by atoms with Gasteiger partial charge in [0.15, 0.2) is 0 Å². The molecule has 1 atom stereocenters. The maximum Gasteiger partial charge on any atom is 0.254 e. The van der Waals surface area contributed by atoms with Crippen molar-refractivity contribution in [2.24, 2.45) is 0 Å². The van der Waals surface area contributed by atoms with Crippen LogP contribution in [0.25, 0.3) is 0 Å².